The van der Waals surface area contributed by atoms with Crippen molar-refractivity contribution in [1.82, 2.24) is 9.97 Å². The highest BCUT2D eigenvalue weighted by molar-refractivity contribution is 7.07. The molecule has 6 heteroatoms. The Morgan fingerprint density at radius 2 is 1.86 bits per heavy atom. The van der Waals surface area contributed by atoms with E-state index in [1.54, 1.807) is 30.1 Å². The Labute approximate surface area is 84.7 Å². The van der Waals surface area contributed by atoms with Crippen LogP contribution in [0.3, 0.4) is 0 Å². The van der Waals surface area contributed by atoms with Crippen molar-refractivity contribution in [1.29, 1.82) is 0 Å². The molecule has 2 aromatic heterocycles. The van der Waals surface area contributed by atoms with Gasteiger partial charge in [0, 0.05) is 12.4 Å². The largest absolute Gasteiger partial charge is 0.503 e. The Hall–Kier alpha value is -1.82. The average Bonchev–Trinajstić information content (AvgIpc) is 2.83. The number of carboxylic acid groups (broad SMARTS) is 2. The van der Waals surface area contributed by atoms with Crippen LogP contribution >= 0.6 is 11.3 Å². The molecule has 0 aliphatic rings. The van der Waals surface area contributed by atoms with Crippen LogP contribution in [0.15, 0.2) is 41.6 Å². The minimum absolute atomic E-state index is 1.62. The number of H-pyrrole nitrogens is 1. The highest BCUT2D eigenvalue weighted by atomic mass is 32.1. The van der Waals surface area contributed by atoms with Gasteiger partial charge in [-0.3, -0.25) is 0 Å². The molecule has 0 aliphatic carbocycles. The summed E-state index contributed by atoms with van der Waals surface area (Å²) in [5.41, 5.74) is 0. The molecule has 0 radical (unpaired) electrons. The van der Waals surface area contributed by atoms with E-state index >= 15 is 0 Å². The van der Waals surface area contributed by atoms with Gasteiger partial charge in [-0.2, -0.15) is 11.3 Å². The van der Waals surface area contributed by atoms with Gasteiger partial charge < -0.3 is 15.2 Å². The SMILES string of the molecule is O=C(O)O.c1c[nH]cn1.c1ccsc1. The first-order valence-corrected chi connectivity index (χ1v) is 4.49. The van der Waals surface area contributed by atoms with Crippen LogP contribution in [0.1, 0.15) is 0 Å². The number of nitrogens with zero attached hydrogens (tertiary/aromatic N) is 1. The van der Waals surface area contributed by atoms with E-state index in [1.807, 2.05) is 22.9 Å². The van der Waals surface area contributed by atoms with Crippen LogP contribution in [0.2, 0.25) is 0 Å². The maximum absolute atomic E-state index is 8.56. The number of aromatic nitrogens is 2. The zero-order valence-corrected chi connectivity index (χ0v) is 8.02. The predicted molar refractivity (Wildman–Crippen MR) is 53.6 cm³/mol. The van der Waals surface area contributed by atoms with Crippen LogP contribution in [-0.2, 0) is 0 Å². The second-order valence-corrected chi connectivity index (χ2v) is 2.65. The summed E-state index contributed by atoms with van der Waals surface area (Å²) >= 11 is 1.71. The van der Waals surface area contributed by atoms with Gasteiger partial charge in [0.15, 0.2) is 0 Å². The first-order chi connectivity index (χ1) is 6.73. The van der Waals surface area contributed by atoms with E-state index in [2.05, 4.69) is 9.97 Å². The van der Waals surface area contributed by atoms with Crippen molar-refractivity contribution in [3.63, 3.8) is 0 Å². The number of hydrogen-bond acceptors (Lipinski definition) is 3. The minimum Gasteiger partial charge on any atom is -0.450 e. The lowest BCUT2D eigenvalue weighted by atomic mass is 10.7. The van der Waals surface area contributed by atoms with E-state index in [0.29, 0.717) is 0 Å². The molecule has 76 valence electrons. The minimum atomic E-state index is -1.83. The number of thiophene rings is 1. The third kappa shape index (κ3) is 12.8. The lowest BCUT2D eigenvalue weighted by Gasteiger charge is -1.60. The monoisotopic (exact) mass is 214 g/mol. The molecule has 5 nitrogen and oxygen atoms in total. The fourth-order valence-corrected chi connectivity index (χ4v) is 0.896. The summed E-state index contributed by atoms with van der Waals surface area (Å²) in [6.07, 6.45) is 3.25. The normalized spacial score (nSPS) is 7.43. The summed E-state index contributed by atoms with van der Waals surface area (Å²) in [4.78, 5) is 15.0. The van der Waals surface area contributed by atoms with Gasteiger partial charge in [-0.25, -0.2) is 9.78 Å². The predicted octanol–water partition coefficient (Wildman–Crippen LogP) is 2.38. The number of rotatable bonds is 0. The first-order valence-electron chi connectivity index (χ1n) is 3.55. The number of hydrogen-bond donors (Lipinski definition) is 3. The highest BCUT2D eigenvalue weighted by Crippen LogP contribution is 1.91. The molecule has 14 heavy (non-hydrogen) atoms. The molecule has 0 saturated carbocycles. The number of nitrogens with one attached hydrogen (secondary N) is 1. The average molecular weight is 214 g/mol. The lowest BCUT2D eigenvalue weighted by molar-refractivity contribution is 0.137. The van der Waals surface area contributed by atoms with Crippen molar-refractivity contribution in [2.24, 2.45) is 0 Å². The van der Waals surface area contributed by atoms with E-state index in [9.17, 15) is 0 Å². The van der Waals surface area contributed by atoms with Crippen molar-refractivity contribution in [2.45, 2.75) is 0 Å². The van der Waals surface area contributed by atoms with E-state index in [4.69, 9.17) is 15.0 Å². The third-order valence-electron chi connectivity index (χ3n) is 0.831. The van der Waals surface area contributed by atoms with Gasteiger partial charge >= 0.3 is 6.16 Å². The molecule has 0 aliphatic heterocycles. The molecule has 0 saturated heterocycles. The van der Waals surface area contributed by atoms with Crippen LogP contribution in [0.25, 0.3) is 0 Å². The molecule has 2 heterocycles. The van der Waals surface area contributed by atoms with E-state index in [-0.39, 0.29) is 0 Å². The summed E-state index contributed by atoms with van der Waals surface area (Å²) in [5.74, 6) is 0. The van der Waals surface area contributed by atoms with Crippen LogP contribution in [0.4, 0.5) is 4.79 Å². The van der Waals surface area contributed by atoms with Crippen LogP contribution in [-0.4, -0.2) is 26.3 Å². The first kappa shape index (κ1) is 12.2. The van der Waals surface area contributed by atoms with Gasteiger partial charge in [-0.1, -0.05) is 12.1 Å². The number of imidazole rings is 1. The van der Waals surface area contributed by atoms with Gasteiger partial charge in [0.1, 0.15) is 0 Å². The summed E-state index contributed by atoms with van der Waals surface area (Å²) < 4.78 is 0. The molecule has 0 spiro atoms. The standard InChI is InChI=1S/C4H4S.C3H4N2.CH2O3/c1-2-4-5-3-1;1-2-5-3-4-1;2-1(3)4/h1-4H;1-3H,(H,4,5);(H2,2,3,4). The molecule has 3 N–H and O–H groups in total. The van der Waals surface area contributed by atoms with Crippen LogP contribution in [0.5, 0.6) is 0 Å². The Morgan fingerprint density at radius 1 is 1.29 bits per heavy atom. The fraction of sp³-hybridized carbons (Fsp3) is 0. The Balaban J connectivity index is 0.000000183. The molecule has 0 fully saturated rings. The summed E-state index contributed by atoms with van der Waals surface area (Å²) in [6, 6.07) is 4.04. The quantitative estimate of drug-likeness (QED) is 0.628. The lowest BCUT2D eigenvalue weighted by Crippen LogP contribution is -1.81. The Kier molecular flexibility index (Phi) is 8.06. The van der Waals surface area contributed by atoms with Crippen LogP contribution < -0.4 is 0 Å². The number of aromatic amines is 1. The molecule has 0 amide bonds. The summed E-state index contributed by atoms with van der Waals surface area (Å²) in [6.45, 7) is 0. The van der Waals surface area contributed by atoms with Crippen molar-refractivity contribution < 1.29 is 15.0 Å². The molecule has 0 aromatic carbocycles. The van der Waals surface area contributed by atoms with Crippen molar-refractivity contribution >= 4 is 17.5 Å². The van der Waals surface area contributed by atoms with Crippen molar-refractivity contribution in [2.75, 3.05) is 0 Å². The second-order valence-electron chi connectivity index (χ2n) is 1.84. The molecule has 0 bridgehead atoms. The molecule has 2 aromatic rings. The van der Waals surface area contributed by atoms with E-state index < -0.39 is 6.16 Å². The Morgan fingerprint density at radius 3 is 2.00 bits per heavy atom. The fourth-order valence-electron chi connectivity index (χ4n) is 0.442. The van der Waals surface area contributed by atoms with Gasteiger partial charge in [0.2, 0.25) is 0 Å². The topological polar surface area (TPSA) is 86.2 Å². The molecule has 2 rings (SSSR count). The maximum Gasteiger partial charge on any atom is 0.503 e. The summed E-state index contributed by atoms with van der Waals surface area (Å²) in [5, 5.41) is 18.0. The molecule has 0 unspecified atom stereocenters. The third-order valence-corrected chi connectivity index (χ3v) is 1.46. The van der Waals surface area contributed by atoms with Gasteiger partial charge in [0.05, 0.1) is 6.33 Å². The van der Waals surface area contributed by atoms with Gasteiger partial charge in [-0.05, 0) is 10.8 Å². The van der Waals surface area contributed by atoms with Gasteiger partial charge in [0.25, 0.3) is 0 Å². The smallest absolute Gasteiger partial charge is 0.450 e. The van der Waals surface area contributed by atoms with E-state index in [0.717, 1.165) is 0 Å². The Bertz CT molecular complexity index is 230. The highest BCUT2D eigenvalue weighted by Gasteiger charge is 1.70. The second kappa shape index (κ2) is 9.27. The van der Waals surface area contributed by atoms with Crippen molar-refractivity contribution in [3.05, 3.63) is 41.6 Å². The number of carbonyl (C=O) groups is 1. The van der Waals surface area contributed by atoms with Crippen molar-refractivity contribution in [3.8, 4) is 0 Å². The van der Waals surface area contributed by atoms with Gasteiger partial charge in [-0.15, -0.1) is 0 Å². The van der Waals surface area contributed by atoms with E-state index in [1.165, 1.54) is 0 Å². The summed E-state index contributed by atoms with van der Waals surface area (Å²) in [7, 11) is 0. The van der Waals surface area contributed by atoms with Crippen LogP contribution in [0, 0.1) is 0 Å². The molecular formula is C8H10N2O3S. The molecule has 0 atom stereocenters. The zero-order chi connectivity index (χ0) is 10.6. The maximum atomic E-state index is 8.56. The molecular weight excluding hydrogens is 204 g/mol. The zero-order valence-electron chi connectivity index (χ0n) is 7.20.